The molecule has 1 saturated carbocycles. The van der Waals surface area contributed by atoms with Crippen molar-refractivity contribution >= 4 is 5.69 Å². The number of para-hydroxylation sites is 2. The van der Waals surface area contributed by atoms with Gasteiger partial charge in [-0.2, -0.15) is 8.78 Å². The van der Waals surface area contributed by atoms with Crippen molar-refractivity contribution in [2.45, 2.75) is 38.5 Å². The third kappa shape index (κ3) is 3.32. The number of hydrogen-bond donors (Lipinski definition) is 1. The van der Waals surface area contributed by atoms with Gasteiger partial charge in [-0.1, -0.05) is 12.1 Å². The van der Waals surface area contributed by atoms with E-state index in [0.717, 1.165) is 12.8 Å². The van der Waals surface area contributed by atoms with Gasteiger partial charge < -0.3 is 14.8 Å². The summed E-state index contributed by atoms with van der Waals surface area (Å²) >= 11 is 0. The van der Waals surface area contributed by atoms with E-state index in [1.807, 2.05) is 6.92 Å². The summed E-state index contributed by atoms with van der Waals surface area (Å²) in [5.74, 6) is 0.187. The first-order valence-corrected chi connectivity index (χ1v) is 6.11. The van der Waals surface area contributed by atoms with Gasteiger partial charge in [0.15, 0.2) is 0 Å². The fourth-order valence-corrected chi connectivity index (χ4v) is 2.06. The van der Waals surface area contributed by atoms with Crippen LogP contribution in [0.15, 0.2) is 24.3 Å². The Morgan fingerprint density at radius 3 is 2.72 bits per heavy atom. The molecule has 1 fully saturated rings. The molecule has 100 valence electrons. The van der Waals surface area contributed by atoms with Crippen molar-refractivity contribution in [1.29, 1.82) is 0 Å². The maximum atomic E-state index is 12.2. The van der Waals surface area contributed by atoms with Crippen molar-refractivity contribution < 1.29 is 18.3 Å². The van der Waals surface area contributed by atoms with Gasteiger partial charge in [-0.05, 0) is 31.9 Å². The summed E-state index contributed by atoms with van der Waals surface area (Å²) < 4.78 is 34.4. The van der Waals surface area contributed by atoms with E-state index in [1.54, 1.807) is 18.2 Å². The maximum absolute atomic E-state index is 12.2. The molecule has 2 rings (SSSR count). The molecule has 18 heavy (non-hydrogen) atoms. The van der Waals surface area contributed by atoms with E-state index < -0.39 is 6.61 Å². The number of hydrogen-bond acceptors (Lipinski definition) is 3. The Morgan fingerprint density at radius 2 is 2.06 bits per heavy atom. The van der Waals surface area contributed by atoms with E-state index in [9.17, 15) is 8.78 Å². The largest absolute Gasteiger partial charge is 0.433 e. The summed E-state index contributed by atoms with van der Waals surface area (Å²) in [4.78, 5) is 0. The molecular weight excluding hydrogens is 240 g/mol. The number of benzene rings is 1. The number of rotatable bonds is 6. The van der Waals surface area contributed by atoms with Crippen molar-refractivity contribution in [3.63, 3.8) is 0 Å². The van der Waals surface area contributed by atoms with Crippen LogP contribution < -0.4 is 10.1 Å². The number of halogens is 2. The average Bonchev–Trinajstić information content (AvgIpc) is 2.28. The minimum atomic E-state index is -2.80. The highest BCUT2D eigenvalue weighted by Gasteiger charge is 2.29. The van der Waals surface area contributed by atoms with Crippen LogP contribution in [0, 0.1) is 0 Å². The van der Waals surface area contributed by atoms with Crippen LogP contribution in [0.1, 0.15) is 19.8 Å². The second-order valence-electron chi connectivity index (χ2n) is 4.26. The smallest absolute Gasteiger partial charge is 0.387 e. The van der Waals surface area contributed by atoms with Gasteiger partial charge in [0.25, 0.3) is 0 Å². The average molecular weight is 257 g/mol. The molecule has 5 heteroatoms. The lowest BCUT2D eigenvalue weighted by molar-refractivity contribution is -0.0495. The first-order chi connectivity index (χ1) is 8.69. The van der Waals surface area contributed by atoms with Crippen LogP contribution in [-0.4, -0.2) is 25.4 Å². The van der Waals surface area contributed by atoms with Crippen molar-refractivity contribution in [1.82, 2.24) is 0 Å². The molecule has 0 atom stereocenters. The zero-order valence-electron chi connectivity index (χ0n) is 10.2. The Hall–Kier alpha value is -1.36. The second-order valence-corrected chi connectivity index (χ2v) is 4.26. The Balaban J connectivity index is 1.90. The predicted molar refractivity (Wildman–Crippen MR) is 65.1 cm³/mol. The first-order valence-electron chi connectivity index (χ1n) is 6.11. The van der Waals surface area contributed by atoms with Crippen molar-refractivity contribution in [2.75, 3.05) is 11.9 Å². The van der Waals surface area contributed by atoms with Crippen LogP contribution in [0.5, 0.6) is 5.75 Å². The zero-order valence-corrected chi connectivity index (χ0v) is 10.2. The van der Waals surface area contributed by atoms with Gasteiger partial charge in [-0.3, -0.25) is 0 Å². The van der Waals surface area contributed by atoms with E-state index >= 15 is 0 Å². The molecule has 0 radical (unpaired) electrons. The minimum Gasteiger partial charge on any atom is -0.433 e. The lowest BCUT2D eigenvalue weighted by Gasteiger charge is -2.36. The van der Waals surface area contributed by atoms with Crippen molar-refractivity contribution in [3.8, 4) is 5.75 Å². The number of anilines is 1. The minimum absolute atomic E-state index is 0.187. The maximum Gasteiger partial charge on any atom is 0.387 e. The van der Waals surface area contributed by atoms with Gasteiger partial charge in [-0.25, -0.2) is 0 Å². The molecule has 1 aromatic carbocycles. The van der Waals surface area contributed by atoms with E-state index in [1.165, 1.54) is 6.07 Å². The van der Waals surface area contributed by atoms with Crippen LogP contribution in [0.2, 0.25) is 0 Å². The predicted octanol–water partition coefficient (Wildman–Crippen LogP) is 3.27. The van der Waals surface area contributed by atoms with Crippen LogP contribution >= 0.6 is 0 Å². The molecule has 0 unspecified atom stereocenters. The van der Waals surface area contributed by atoms with Crippen LogP contribution in [0.25, 0.3) is 0 Å². The van der Waals surface area contributed by atoms with Crippen molar-refractivity contribution in [2.24, 2.45) is 0 Å². The summed E-state index contributed by atoms with van der Waals surface area (Å²) in [6.45, 7) is -0.125. The highest BCUT2D eigenvalue weighted by molar-refractivity contribution is 5.57. The normalized spacial score (nSPS) is 22.7. The second kappa shape index (κ2) is 6.00. The molecule has 0 saturated heterocycles. The lowest BCUT2D eigenvalue weighted by atomic mass is 9.89. The first kappa shape index (κ1) is 13.1. The summed E-state index contributed by atoms with van der Waals surface area (Å²) in [7, 11) is 0. The topological polar surface area (TPSA) is 30.5 Å². The Kier molecular flexibility index (Phi) is 4.36. The summed E-state index contributed by atoms with van der Waals surface area (Å²) in [5, 5.41) is 3.20. The molecule has 0 spiro atoms. The Bertz CT molecular complexity index is 381. The molecular formula is C13H17F2NO2. The summed E-state index contributed by atoms with van der Waals surface area (Å²) in [5.41, 5.74) is 0.609. The highest BCUT2D eigenvalue weighted by Crippen LogP contribution is 2.31. The molecule has 0 aliphatic heterocycles. The third-order valence-corrected chi connectivity index (χ3v) is 2.96. The molecule has 3 nitrogen and oxygen atoms in total. The monoisotopic (exact) mass is 257 g/mol. The Morgan fingerprint density at radius 1 is 1.33 bits per heavy atom. The van der Waals surface area contributed by atoms with Gasteiger partial charge in [0.05, 0.1) is 11.8 Å². The van der Waals surface area contributed by atoms with E-state index in [-0.39, 0.29) is 17.9 Å². The number of nitrogens with one attached hydrogen (secondary N) is 1. The quantitative estimate of drug-likeness (QED) is 0.848. The number of alkyl halides is 2. The molecule has 1 aliphatic carbocycles. The van der Waals surface area contributed by atoms with Crippen LogP contribution in [0.3, 0.4) is 0 Å². The Labute approximate surface area is 105 Å². The van der Waals surface area contributed by atoms with Gasteiger partial charge >= 0.3 is 6.61 Å². The third-order valence-electron chi connectivity index (χ3n) is 2.96. The highest BCUT2D eigenvalue weighted by atomic mass is 19.3. The van der Waals surface area contributed by atoms with Crippen LogP contribution in [0.4, 0.5) is 14.5 Å². The summed E-state index contributed by atoms with van der Waals surface area (Å²) in [6.07, 6.45) is 2.09. The summed E-state index contributed by atoms with van der Waals surface area (Å²) in [6, 6.07) is 7.01. The van der Waals surface area contributed by atoms with Gasteiger partial charge in [0, 0.05) is 12.6 Å². The SMILES string of the molecule is CCOC1CC(Nc2ccccc2OC(F)F)C1. The van der Waals surface area contributed by atoms with Gasteiger partial charge in [-0.15, -0.1) is 0 Å². The zero-order chi connectivity index (χ0) is 13.0. The molecule has 1 aliphatic rings. The van der Waals surface area contributed by atoms with Crippen molar-refractivity contribution in [3.05, 3.63) is 24.3 Å². The fourth-order valence-electron chi connectivity index (χ4n) is 2.06. The molecule has 1 N–H and O–H groups in total. The van der Waals surface area contributed by atoms with E-state index in [4.69, 9.17) is 4.74 Å². The van der Waals surface area contributed by atoms with Crippen LogP contribution in [-0.2, 0) is 4.74 Å². The van der Waals surface area contributed by atoms with Gasteiger partial charge in [0.1, 0.15) is 5.75 Å². The molecule has 0 bridgehead atoms. The molecule has 0 aromatic heterocycles. The van der Waals surface area contributed by atoms with E-state index in [0.29, 0.717) is 12.3 Å². The molecule has 0 amide bonds. The molecule has 0 heterocycles. The fraction of sp³-hybridized carbons (Fsp3) is 0.538. The molecule has 1 aromatic rings. The standard InChI is InChI=1S/C13H17F2NO2/c1-2-17-10-7-9(8-10)16-11-5-3-4-6-12(11)18-13(14)15/h3-6,9-10,13,16H,2,7-8H2,1H3. The van der Waals surface area contributed by atoms with E-state index in [2.05, 4.69) is 10.1 Å². The van der Waals surface area contributed by atoms with Gasteiger partial charge in [0.2, 0.25) is 0 Å². The lowest BCUT2D eigenvalue weighted by Crippen LogP contribution is -2.40. The number of ether oxygens (including phenoxy) is 2.